The Morgan fingerprint density at radius 1 is 1.40 bits per heavy atom. The van der Waals surface area contributed by atoms with Gasteiger partial charge in [-0.2, -0.15) is 0 Å². The van der Waals surface area contributed by atoms with Crippen molar-refractivity contribution < 1.29 is 4.79 Å². The van der Waals surface area contributed by atoms with Crippen LogP contribution in [0.3, 0.4) is 0 Å². The number of para-hydroxylation sites is 2. The molecule has 0 bridgehead atoms. The van der Waals surface area contributed by atoms with Crippen LogP contribution in [0.15, 0.2) is 29.1 Å². The Balaban J connectivity index is 1.81. The molecule has 1 N–H and O–H groups in total. The molecule has 1 aromatic heterocycles. The first-order chi connectivity index (χ1) is 9.65. The Morgan fingerprint density at radius 2 is 2.15 bits per heavy atom. The number of hydrogen-bond donors (Lipinski definition) is 1. The number of nitrogens with zero attached hydrogens (tertiary/aromatic N) is 2. The molecule has 20 heavy (non-hydrogen) atoms. The first kappa shape index (κ1) is 12.8. The average molecular weight is 271 g/mol. The third kappa shape index (κ3) is 2.57. The number of fused-ring (bicyclic) bond motifs is 1. The molecular weight excluding hydrogens is 254 g/mol. The van der Waals surface area contributed by atoms with Crippen molar-refractivity contribution in [2.45, 2.75) is 31.7 Å². The van der Waals surface area contributed by atoms with Crippen molar-refractivity contribution in [1.82, 2.24) is 14.9 Å². The van der Waals surface area contributed by atoms with Crippen molar-refractivity contribution in [2.24, 2.45) is 7.05 Å². The van der Waals surface area contributed by atoms with Crippen LogP contribution in [0.25, 0.3) is 11.0 Å². The molecule has 0 saturated heterocycles. The molecule has 0 spiro atoms. The zero-order valence-electron chi connectivity index (χ0n) is 11.4. The lowest BCUT2D eigenvalue weighted by Gasteiger charge is -2.07. The van der Waals surface area contributed by atoms with Gasteiger partial charge in [0.2, 0.25) is 5.91 Å². The fourth-order valence-corrected chi connectivity index (χ4v) is 2.26. The Hall–Kier alpha value is -2.17. The smallest absolute Gasteiger partial charge is 0.272 e. The maximum Gasteiger partial charge on any atom is 0.272 e. The van der Waals surface area contributed by atoms with Crippen LogP contribution >= 0.6 is 0 Å². The van der Waals surface area contributed by atoms with E-state index in [1.54, 1.807) is 11.6 Å². The van der Waals surface area contributed by atoms with Gasteiger partial charge in [0.05, 0.1) is 11.0 Å². The van der Waals surface area contributed by atoms with Crippen LogP contribution in [0.2, 0.25) is 0 Å². The van der Waals surface area contributed by atoms with Crippen molar-refractivity contribution in [2.75, 3.05) is 0 Å². The van der Waals surface area contributed by atoms with Crippen LogP contribution < -0.4 is 10.9 Å². The molecule has 0 radical (unpaired) electrons. The number of amides is 1. The van der Waals surface area contributed by atoms with Gasteiger partial charge in [0.1, 0.15) is 5.69 Å². The van der Waals surface area contributed by atoms with Gasteiger partial charge in [0.25, 0.3) is 5.56 Å². The highest BCUT2D eigenvalue weighted by atomic mass is 16.1. The predicted octanol–water partition coefficient (Wildman–Crippen LogP) is 1.14. The lowest BCUT2D eigenvalue weighted by atomic mass is 10.2. The number of hydrogen-bond acceptors (Lipinski definition) is 3. The molecule has 1 saturated carbocycles. The summed E-state index contributed by atoms with van der Waals surface area (Å²) in [7, 11) is 1.74. The van der Waals surface area contributed by atoms with Gasteiger partial charge in [0, 0.05) is 25.9 Å². The van der Waals surface area contributed by atoms with Crippen molar-refractivity contribution in [3.05, 3.63) is 40.3 Å². The van der Waals surface area contributed by atoms with E-state index in [2.05, 4.69) is 10.3 Å². The summed E-state index contributed by atoms with van der Waals surface area (Å²) in [6.07, 6.45) is 2.84. The van der Waals surface area contributed by atoms with E-state index in [1.165, 1.54) is 0 Å². The molecule has 0 aliphatic heterocycles. The maximum atomic E-state index is 12.2. The topological polar surface area (TPSA) is 64.0 Å². The van der Waals surface area contributed by atoms with Crippen LogP contribution in [0, 0.1) is 0 Å². The van der Waals surface area contributed by atoms with E-state index in [4.69, 9.17) is 0 Å². The molecule has 3 rings (SSSR count). The zero-order chi connectivity index (χ0) is 14.1. The number of nitrogens with one attached hydrogen (secondary N) is 1. The van der Waals surface area contributed by atoms with Gasteiger partial charge in [-0.1, -0.05) is 12.1 Å². The fourth-order valence-electron chi connectivity index (χ4n) is 2.26. The average Bonchev–Trinajstić information content (AvgIpc) is 3.25. The fraction of sp³-hybridized carbons (Fsp3) is 0.400. The lowest BCUT2D eigenvalue weighted by molar-refractivity contribution is -0.121. The number of aromatic nitrogens is 2. The Morgan fingerprint density at radius 3 is 2.90 bits per heavy atom. The molecule has 1 amide bonds. The van der Waals surface area contributed by atoms with Gasteiger partial charge in [-0.3, -0.25) is 9.59 Å². The van der Waals surface area contributed by atoms with Crippen molar-refractivity contribution in [3.63, 3.8) is 0 Å². The highest BCUT2D eigenvalue weighted by Gasteiger charge is 2.23. The molecule has 1 aliphatic carbocycles. The summed E-state index contributed by atoms with van der Waals surface area (Å²) >= 11 is 0. The lowest BCUT2D eigenvalue weighted by Crippen LogP contribution is -2.28. The van der Waals surface area contributed by atoms with Gasteiger partial charge >= 0.3 is 0 Å². The van der Waals surface area contributed by atoms with Gasteiger partial charge in [-0.15, -0.1) is 0 Å². The first-order valence-corrected chi connectivity index (χ1v) is 6.89. The van der Waals surface area contributed by atoms with Gasteiger partial charge in [0.15, 0.2) is 0 Å². The Bertz CT molecular complexity index is 717. The second-order valence-electron chi connectivity index (χ2n) is 5.25. The Labute approximate surface area is 116 Å². The number of benzene rings is 1. The van der Waals surface area contributed by atoms with E-state index in [9.17, 15) is 9.59 Å². The Kier molecular flexibility index (Phi) is 3.26. The molecule has 2 aromatic rings. The summed E-state index contributed by atoms with van der Waals surface area (Å²) in [5.74, 6) is 0.00418. The number of carbonyl (C=O) groups is 1. The third-order valence-electron chi connectivity index (χ3n) is 3.58. The molecule has 1 aromatic carbocycles. The summed E-state index contributed by atoms with van der Waals surface area (Å²) in [5, 5.41) is 2.92. The molecule has 0 unspecified atom stereocenters. The largest absolute Gasteiger partial charge is 0.353 e. The van der Waals surface area contributed by atoms with Crippen molar-refractivity contribution >= 4 is 16.9 Å². The molecule has 5 nitrogen and oxygen atoms in total. The summed E-state index contributed by atoms with van der Waals surface area (Å²) in [5.41, 5.74) is 1.93. The molecule has 5 heteroatoms. The van der Waals surface area contributed by atoms with Gasteiger partial charge in [-0.25, -0.2) is 4.98 Å². The van der Waals surface area contributed by atoms with Crippen LogP contribution in [0.5, 0.6) is 0 Å². The minimum Gasteiger partial charge on any atom is -0.353 e. The summed E-state index contributed by atoms with van der Waals surface area (Å²) < 4.78 is 1.59. The molecular formula is C15H17N3O2. The van der Waals surface area contributed by atoms with Crippen LogP contribution in [-0.4, -0.2) is 21.5 Å². The molecule has 0 atom stereocenters. The number of aryl methyl sites for hydroxylation is 2. The van der Waals surface area contributed by atoms with Crippen LogP contribution in [-0.2, 0) is 18.3 Å². The second kappa shape index (κ2) is 5.07. The minimum absolute atomic E-state index is 0.00418. The van der Waals surface area contributed by atoms with Crippen molar-refractivity contribution in [1.29, 1.82) is 0 Å². The van der Waals surface area contributed by atoms with E-state index in [0.717, 1.165) is 23.9 Å². The van der Waals surface area contributed by atoms with E-state index in [1.807, 2.05) is 24.3 Å². The summed E-state index contributed by atoms with van der Waals surface area (Å²) in [6, 6.07) is 7.88. The highest BCUT2D eigenvalue weighted by molar-refractivity contribution is 5.77. The number of rotatable bonds is 4. The highest BCUT2D eigenvalue weighted by Crippen LogP contribution is 2.18. The van der Waals surface area contributed by atoms with Gasteiger partial charge < -0.3 is 9.88 Å². The van der Waals surface area contributed by atoms with Crippen LogP contribution in [0.4, 0.5) is 0 Å². The SMILES string of the molecule is Cn1c(=O)c(CCC(=O)NC2CC2)nc2ccccc21. The zero-order valence-corrected chi connectivity index (χ0v) is 11.4. The normalized spacial score (nSPS) is 14.4. The monoisotopic (exact) mass is 271 g/mol. The van der Waals surface area contributed by atoms with E-state index < -0.39 is 0 Å². The summed E-state index contributed by atoms with van der Waals surface area (Å²) in [4.78, 5) is 28.3. The minimum atomic E-state index is -0.122. The van der Waals surface area contributed by atoms with E-state index >= 15 is 0 Å². The maximum absolute atomic E-state index is 12.2. The van der Waals surface area contributed by atoms with Crippen molar-refractivity contribution in [3.8, 4) is 0 Å². The molecule has 104 valence electrons. The molecule has 1 heterocycles. The molecule has 1 fully saturated rings. The first-order valence-electron chi connectivity index (χ1n) is 6.89. The van der Waals surface area contributed by atoms with Crippen LogP contribution in [0.1, 0.15) is 25.0 Å². The second-order valence-corrected chi connectivity index (χ2v) is 5.25. The number of carbonyl (C=O) groups excluding carboxylic acids is 1. The van der Waals surface area contributed by atoms with E-state index in [0.29, 0.717) is 24.6 Å². The standard InChI is InChI=1S/C15H17N3O2/c1-18-13-5-3-2-4-11(13)17-12(15(18)20)8-9-14(19)16-10-6-7-10/h2-5,10H,6-9H2,1H3,(H,16,19). The molecule has 1 aliphatic rings. The summed E-state index contributed by atoms with van der Waals surface area (Å²) in [6.45, 7) is 0. The quantitative estimate of drug-likeness (QED) is 0.907. The predicted molar refractivity (Wildman–Crippen MR) is 76.5 cm³/mol. The third-order valence-corrected chi connectivity index (χ3v) is 3.58. The van der Waals surface area contributed by atoms with E-state index in [-0.39, 0.29) is 11.5 Å². The van der Waals surface area contributed by atoms with Gasteiger partial charge in [-0.05, 0) is 25.0 Å².